The molecule has 0 atom stereocenters. The molecule has 0 aromatic rings. The van der Waals surface area contributed by atoms with Crippen molar-refractivity contribution in [3.05, 3.63) is 0 Å². The van der Waals surface area contributed by atoms with Gasteiger partial charge in [0.15, 0.2) is 0 Å². The fourth-order valence-electron chi connectivity index (χ4n) is 1.83. The third kappa shape index (κ3) is 5.47. The zero-order valence-electron chi connectivity index (χ0n) is 10.9. The van der Waals surface area contributed by atoms with Gasteiger partial charge < -0.3 is 15.4 Å². The van der Waals surface area contributed by atoms with Gasteiger partial charge in [-0.3, -0.25) is 4.79 Å². The van der Waals surface area contributed by atoms with Crippen LogP contribution in [0.2, 0.25) is 0 Å². The average Bonchev–Trinajstić information content (AvgIpc) is 2.29. The van der Waals surface area contributed by atoms with Gasteiger partial charge in [-0.1, -0.05) is 13.8 Å². The third-order valence-electron chi connectivity index (χ3n) is 2.74. The fourth-order valence-corrected chi connectivity index (χ4v) is 1.83. The molecular formula is C12H26N2O2. The molecule has 0 aliphatic rings. The highest BCUT2D eigenvalue weighted by Crippen LogP contribution is 2.09. The summed E-state index contributed by atoms with van der Waals surface area (Å²) >= 11 is 0. The number of hydrogen-bond acceptors (Lipinski definition) is 3. The number of rotatable bonds is 9. The first kappa shape index (κ1) is 15.4. The van der Waals surface area contributed by atoms with Gasteiger partial charge in [0.05, 0.1) is 13.0 Å². The van der Waals surface area contributed by atoms with Crippen LogP contribution in [0.4, 0.5) is 0 Å². The second kappa shape index (κ2) is 9.60. The van der Waals surface area contributed by atoms with Crippen LogP contribution in [0.5, 0.6) is 0 Å². The number of hydrogen-bond donors (Lipinski definition) is 1. The predicted octanol–water partition coefficient (Wildman–Crippen LogP) is 1.39. The lowest BCUT2D eigenvalue weighted by Crippen LogP contribution is -2.43. The minimum Gasteiger partial charge on any atom is -0.381 e. The Balaban J connectivity index is 4.21. The fraction of sp³-hybridized carbons (Fsp3) is 0.917. The van der Waals surface area contributed by atoms with E-state index in [4.69, 9.17) is 10.5 Å². The van der Waals surface area contributed by atoms with Crippen molar-refractivity contribution in [3.8, 4) is 0 Å². The summed E-state index contributed by atoms with van der Waals surface area (Å²) < 4.78 is 5.20. The quantitative estimate of drug-likeness (QED) is 0.609. The molecule has 1 amide bonds. The SMILES string of the molecule is CCOCCC(=O)N(CCN)C(CC)CC. The van der Waals surface area contributed by atoms with E-state index in [-0.39, 0.29) is 5.91 Å². The number of carbonyl (C=O) groups is 1. The standard InChI is InChI=1S/C12H26N2O2/c1-4-11(5-2)14(9-8-13)12(15)7-10-16-6-3/h11H,4-10,13H2,1-3H3. The molecule has 0 spiro atoms. The summed E-state index contributed by atoms with van der Waals surface area (Å²) in [5.74, 6) is 0.160. The molecule has 16 heavy (non-hydrogen) atoms. The summed E-state index contributed by atoms with van der Waals surface area (Å²) in [4.78, 5) is 13.9. The molecule has 0 rings (SSSR count). The maximum atomic E-state index is 12.0. The van der Waals surface area contributed by atoms with Crippen LogP contribution in [-0.4, -0.2) is 43.2 Å². The van der Waals surface area contributed by atoms with Crippen molar-refractivity contribution in [2.45, 2.75) is 46.1 Å². The number of ether oxygens (including phenoxy) is 1. The van der Waals surface area contributed by atoms with Crippen LogP contribution in [0.15, 0.2) is 0 Å². The van der Waals surface area contributed by atoms with E-state index in [1.807, 2.05) is 11.8 Å². The van der Waals surface area contributed by atoms with Crippen LogP contribution in [-0.2, 0) is 9.53 Å². The molecule has 0 aromatic carbocycles. The van der Waals surface area contributed by atoms with Gasteiger partial charge in [0.2, 0.25) is 5.91 Å². The molecule has 0 bridgehead atoms. The van der Waals surface area contributed by atoms with E-state index < -0.39 is 0 Å². The van der Waals surface area contributed by atoms with Gasteiger partial charge >= 0.3 is 0 Å². The lowest BCUT2D eigenvalue weighted by molar-refractivity contribution is -0.134. The van der Waals surface area contributed by atoms with E-state index in [0.29, 0.717) is 38.8 Å². The summed E-state index contributed by atoms with van der Waals surface area (Å²) in [6.45, 7) is 8.49. The molecule has 0 aliphatic heterocycles. The van der Waals surface area contributed by atoms with Gasteiger partial charge in [0, 0.05) is 25.7 Å². The van der Waals surface area contributed by atoms with Crippen molar-refractivity contribution in [1.82, 2.24) is 4.90 Å². The Kier molecular flexibility index (Phi) is 9.24. The van der Waals surface area contributed by atoms with Gasteiger partial charge in [-0.2, -0.15) is 0 Å². The summed E-state index contributed by atoms with van der Waals surface area (Å²) in [7, 11) is 0. The Hall–Kier alpha value is -0.610. The zero-order chi connectivity index (χ0) is 12.4. The molecule has 0 fully saturated rings. The maximum absolute atomic E-state index is 12.0. The molecule has 0 unspecified atom stereocenters. The van der Waals surface area contributed by atoms with Crippen molar-refractivity contribution in [2.75, 3.05) is 26.3 Å². The molecule has 0 saturated heterocycles. The zero-order valence-corrected chi connectivity index (χ0v) is 10.9. The van der Waals surface area contributed by atoms with Gasteiger partial charge in [-0.15, -0.1) is 0 Å². The van der Waals surface area contributed by atoms with Gasteiger partial charge in [-0.05, 0) is 19.8 Å². The molecule has 0 aliphatic carbocycles. The van der Waals surface area contributed by atoms with E-state index in [1.165, 1.54) is 0 Å². The van der Waals surface area contributed by atoms with E-state index >= 15 is 0 Å². The first-order valence-electron chi connectivity index (χ1n) is 6.28. The Morgan fingerprint density at radius 3 is 2.38 bits per heavy atom. The van der Waals surface area contributed by atoms with Crippen molar-refractivity contribution in [3.63, 3.8) is 0 Å². The predicted molar refractivity (Wildman–Crippen MR) is 66.2 cm³/mol. The van der Waals surface area contributed by atoms with Crippen molar-refractivity contribution in [2.24, 2.45) is 5.73 Å². The smallest absolute Gasteiger partial charge is 0.225 e. The molecule has 4 heteroatoms. The van der Waals surface area contributed by atoms with Crippen molar-refractivity contribution in [1.29, 1.82) is 0 Å². The molecule has 0 saturated carbocycles. The Labute approximate surface area is 99.1 Å². The topological polar surface area (TPSA) is 55.6 Å². The van der Waals surface area contributed by atoms with E-state index in [1.54, 1.807) is 0 Å². The number of nitrogens with two attached hydrogens (primary N) is 1. The third-order valence-corrected chi connectivity index (χ3v) is 2.74. The van der Waals surface area contributed by atoms with Crippen LogP contribution in [0.1, 0.15) is 40.0 Å². The maximum Gasteiger partial charge on any atom is 0.225 e. The Morgan fingerprint density at radius 1 is 1.31 bits per heavy atom. The highest BCUT2D eigenvalue weighted by Gasteiger charge is 2.19. The lowest BCUT2D eigenvalue weighted by Gasteiger charge is -2.30. The van der Waals surface area contributed by atoms with E-state index in [0.717, 1.165) is 12.8 Å². The Bertz CT molecular complexity index is 182. The second-order valence-electron chi connectivity index (χ2n) is 3.79. The van der Waals surface area contributed by atoms with Gasteiger partial charge in [-0.25, -0.2) is 0 Å². The number of carbonyl (C=O) groups excluding carboxylic acids is 1. The summed E-state index contributed by atoms with van der Waals surface area (Å²) in [6, 6.07) is 0.317. The first-order chi connectivity index (χ1) is 7.71. The van der Waals surface area contributed by atoms with E-state index in [9.17, 15) is 4.79 Å². The highest BCUT2D eigenvalue weighted by molar-refractivity contribution is 5.76. The molecule has 0 radical (unpaired) electrons. The minimum absolute atomic E-state index is 0.160. The monoisotopic (exact) mass is 230 g/mol. The van der Waals surface area contributed by atoms with Crippen molar-refractivity contribution < 1.29 is 9.53 Å². The average molecular weight is 230 g/mol. The van der Waals surface area contributed by atoms with Gasteiger partial charge in [0.25, 0.3) is 0 Å². The van der Waals surface area contributed by atoms with Crippen molar-refractivity contribution >= 4 is 5.91 Å². The van der Waals surface area contributed by atoms with Crippen LogP contribution < -0.4 is 5.73 Å². The lowest BCUT2D eigenvalue weighted by atomic mass is 10.1. The first-order valence-corrected chi connectivity index (χ1v) is 6.28. The Morgan fingerprint density at radius 2 is 1.94 bits per heavy atom. The van der Waals surface area contributed by atoms with Crippen LogP contribution in [0, 0.1) is 0 Å². The molecular weight excluding hydrogens is 204 g/mol. The van der Waals surface area contributed by atoms with E-state index in [2.05, 4.69) is 13.8 Å². The van der Waals surface area contributed by atoms with Crippen LogP contribution >= 0.6 is 0 Å². The molecule has 2 N–H and O–H groups in total. The van der Waals surface area contributed by atoms with Crippen LogP contribution in [0.3, 0.4) is 0 Å². The summed E-state index contributed by atoms with van der Waals surface area (Å²) in [5, 5.41) is 0. The molecule has 0 heterocycles. The van der Waals surface area contributed by atoms with Crippen LogP contribution in [0.25, 0.3) is 0 Å². The molecule has 0 aromatic heterocycles. The van der Waals surface area contributed by atoms with Gasteiger partial charge in [0.1, 0.15) is 0 Å². The number of nitrogens with zero attached hydrogens (tertiary/aromatic N) is 1. The summed E-state index contributed by atoms with van der Waals surface area (Å²) in [6.07, 6.45) is 2.43. The molecule has 4 nitrogen and oxygen atoms in total. The molecule has 96 valence electrons. The minimum atomic E-state index is 0.160. The largest absolute Gasteiger partial charge is 0.381 e. The normalized spacial score (nSPS) is 10.8. The summed E-state index contributed by atoms with van der Waals surface area (Å²) in [5.41, 5.74) is 5.54. The second-order valence-corrected chi connectivity index (χ2v) is 3.79. The number of amides is 1. The highest BCUT2D eigenvalue weighted by atomic mass is 16.5.